The fourth-order valence-corrected chi connectivity index (χ4v) is 2.32. The van der Waals surface area contributed by atoms with E-state index < -0.39 is 20.5 Å². The largest absolute Gasteiger partial charge is 0.348 e. The molecule has 6 nitrogen and oxygen atoms in total. The van der Waals surface area contributed by atoms with E-state index >= 15 is 0 Å². The van der Waals surface area contributed by atoms with Crippen molar-refractivity contribution in [1.82, 2.24) is 5.48 Å². The molecule has 9 heteroatoms. The van der Waals surface area contributed by atoms with Crippen LogP contribution in [0.25, 0.3) is 0 Å². The number of hydrogen-bond acceptors (Lipinski definition) is 5. The molecule has 0 aromatic heterocycles. The summed E-state index contributed by atoms with van der Waals surface area (Å²) in [6.07, 6.45) is 0.248. The van der Waals surface area contributed by atoms with Crippen LogP contribution < -0.4 is 5.48 Å². The topological polar surface area (TPSA) is 73.6 Å². The normalized spacial score (nSPS) is 26.7. The standard InChI is InChI=1S/C11H11Cl3N2O4/c1-19-10(6-9(15-20-10)11(12,13)14)7-2-4-8(5-3-7)16(17)18/h2-5,9,15H,6H2,1H3/t9-,10+/m1/s1. The molecular weight excluding hydrogens is 330 g/mol. The lowest BCUT2D eigenvalue weighted by Crippen LogP contribution is -2.34. The summed E-state index contributed by atoms with van der Waals surface area (Å²) >= 11 is 17.5. The molecule has 1 aliphatic heterocycles. The third-order valence-corrected chi connectivity index (χ3v) is 3.87. The van der Waals surface area contributed by atoms with Crippen LogP contribution in [-0.2, 0) is 15.4 Å². The summed E-state index contributed by atoms with van der Waals surface area (Å²) in [7, 11) is 1.45. The summed E-state index contributed by atoms with van der Waals surface area (Å²) < 4.78 is 3.83. The molecule has 1 N–H and O–H groups in total. The molecule has 1 saturated heterocycles. The molecule has 2 atom stereocenters. The summed E-state index contributed by atoms with van der Waals surface area (Å²) in [5.74, 6) is -1.15. The second-order valence-electron chi connectivity index (χ2n) is 4.28. The first-order chi connectivity index (χ1) is 9.28. The van der Waals surface area contributed by atoms with Crippen molar-refractivity contribution in [1.29, 1.82) is 0 Å². The lowest BCUT2D eigenvalue weighted by Gasteiger charge is -2.26. The van der Waals surface area contributed by atoms with Crippen LogP contribution in [0.2, 0.25) is 0 Å². The van der Waals surface area contributed by atoms with Crippen LogP contribution in [0, 0.1) is 10.1 Å². The molecule has 1 aliphatic rings. The van der Waals surface area contributed by atoms with Crippen molar-refractivity contribution in [3.05, 3.63) is 39.9 Å². The minimum Gasteiger partial charge on any atom is -0.348 e. The molecule has 1 aromatic carbocycles. The van der Waals surface area contributed by atoms with E-state index in [4.69, 9.17) is 44.4 Å². The molecular formula is C11H11Cl3N2O4. The first-order valence-corrected chi connectivity index (χ1v) is 6.72. The Morgan fingerprint density at radius 2 is 2.05 bits per heavy atom. The SMILES string of the molecule is CO[C@@]1(c2ccc([N+](=O)[O-])cc2)C[C@H](C(Cl)(Cl)Cl)NO1. The van der Waals surface area contributed by atoms with Crippen LogP contribution in [0.3, 0.4) is 0 Å². The molecule has 110 valence electrons. The number of nitro groups is 1. The van der Waals surface area contributed by atoms with Crippen LogP contribution in [0.5, 0.6) is 0 Å². The third-order valence-electron chi connectivity index (χ3n) is 3.08. The number of methoxy groups -OCH3 is 1. The second kappa shape index (κ2) is 5.63. The van der Waals surface area contributed by atoms with E-state index in [9.17, 15) is 10.1 Å². The fourth-order valence-electron chi connectivity index (χ4n) is 1.96. The van der Waals surface area contributed by atoms with Gasteiger partial charge in [-0.15, -0.1) is 0 Å². The molecule has 0 radical (unpaired) electrons. The lowest BCUT2D eigenvalue weighted by molar-refractivity contribution is -0.384. The Morgan fingerprint density at radius 1 is 1.45 bits per heavy atom. The first kappa shape index (κ1) is 15.8. The monoisotopic (exact) mass is 340 g/mol. The predicted molar refractivity (Wildman–Crippen MR) is 74.7 cm³/mol. The van der Waals surface area contributed by atoms with Crippen molar-refractivity contribution in [2.45, 2.75) is 22.0 Å². The smallest absolute Gasteiger partial charge is 0.269 e. The summed E-state index contributed by atoms with van der Waals surface area (Å²) in [6.45, 7) is 0. The van der Waals surface area contributed by atoms with Crippen LogP contribution in [0.1, 0.15) is 12.0 Å². The minimum atomic E-state index is -1.55. The Kier molecular flexibility index (Phi) is 4.44. The highest BCUT2D eigenvalue weighted by Gasteiger charge is 2.49. The molecule has 0 spiro atoms. The van der Waals surface area contributed by atoms with Gasteiger partial charge in [0, 0.05) is 31.2 Å². The average molecular weight is 342 g/mol. The molecule has 0 bridgehead atoms. The third kappa shape index (κ3) is 3.00. The van der Waals surface area contributed by atoms with Gasteiger partial charge in [-0.1, -0.05) is 34.8 Å². The average Bonchev–Trinajstić information content (AvgIpc) is 2.84. The van der Waals surface area contributed by atoms with E-state index in [1.807, 2.05) is 0 Å². The number of halogens is 3. The molecule has 1 heterocycles. The van der Waals surface area contributed by atoms with E-state index in [2.05, 4.69) is 5.48 Å². The number of nitro benzene ring substituents is 1. The quantitative estimate of drug-likeness (QED) is 0.519. The number of hydrogen-bond donors (Lipinski definition) is 1. The van der Waals surface area contributed by atoms with Gasteiger partial charge in [-0.2, -0.15) is 5.48 Å². The van der Waals surface area contributed by atoms with Gasteiger partial charge in [0.25, 0.3) is 5.69 Å². The second-order valence-corrected chi connectivity index (χ2v) is 6.65. The Labute approximate surface area is 130 Å². The van der Waals surface area contributed by atoms with Crippen molar-refractivity contribution in [2.24, 2.45) is 0 Å². The van der Waals surface area contributed by atoms with Gasteiger partial charge in [0.15, 0.2) is 0 Å². The highest BCUT2D eigenvalue weighted by molar-refractivity contribution is 6.68. The Bertz CT molecular complexity index is 505. The van der Waals surface area contributed by atoms with Gasteiger partial charge in [0.05, 0.1) is 11.0 Å². The molecule has 20 heavy (non-hydrogen) atoms. The van der Waals surface area contributed by atoms with Gasteiger partial charge in [0.1, 0.15) is 0 Å². The summed E-state index contributed by atoms with van der Waals surface area (Å²) in [6, 6.07) is 5.25. The van der Waals surface area contributed by atoms with E-state index in [-0.39, 0.29) is 12.1 Å². The number of non-ortho nitro benzene ring substituents is 1. The zero-order chi connectivity index (χ0) is 15.0. The minimum absolute atomic E-state index is 0.0242. The zero-order valence-corrected chi connectivity index (χ0v) is 12.6. The maximum Gasteiger partial charge on any atom is 0.269 e. The number of rotatable bonds is 3. The Balaban J connectivity index is 2.26. The van der Waals surface area contributed by atoms with Crippen molar-refractivity contribution >= 4 is 40.5 Å². The maximum absolute atomic E-state index is 10.6. The summed E-state index contributed by atoms with van der Waals surface area (Å²) in [5, 5.41) is 10.6. The molecule has 1 fully saturated rings. The van der Waals surface area contributed by atoms with Crippen molar-refractivity contribution in [3.63, 3.8) is 0 Å². The number of benzene rings is 1. The zero-order valence-electron chi connectivity index (χ0n) is 10.3. The summed E-state index contributed by atoms with van der Waals surface area (Å²) in [4.78, 5) is 15.6. The van der Waals surface area contributed by atoms with Gasteiger partial charge in [-0.05, 0) is 12.1 Å². The van der Waals surface area contributed by atoms with Gasteiger partial charge in [-0.25, -0.2) is 0 Å². The van der Waals surface area contributed by atoms with E-state index in [0.29, 0.717) is 5.56 Å². The van der Waals surface area contributed by atoms with Crippen molar-refractivity contribution in [3.8, 4) is 0 Å². The van der Waals surface area contributed by atoms with Crippen LogP contribution in [0.4, 0.5) is 5.69 Å². The first-order valence-electron chi connectivity index (χ1n) is 5.59. The van der Waals surface area contributed by atoms with E-state index in [1.165, 1.54) is 19.2 Å². The van der Waals surface area contributed by atoms with E-state index in [0.717, 1.165) is 0 Å². The van der Waals surface area contributed by atoms with Crippen LogP contribution in [0.15, 0.2) is 24.3 Å². The van der Waals surface area contributed by atoms with Crippen molar-refractivity contribution in [2.75, 3.05) is 7.11 Å². The molecule has 2 rings (SSSR count). The number of nitrogens with zero attached hydrogens (tertiary/aromatic N) is 1. The van der Waals surface area contributed by atoms with Gasteiger partial charge in [0.2, 0.25) is 9.58 Å². The lowest BCUT2D eigenvalue weighted by atomic mass is 9.99. The van der Waals surface area contributed by atoms with Crippen LogP contribution >= 0.6 is 34.8 Å². The Morgan fingerprint density at radius 3 is 2.45 bits per heavy atom. The molecule has 0 amide bonds. The molecule has 0 saturated carbocycles. The summed E-state index contributed by atoms with van der Waals surface area (Å²) in [5.41, 5.74) is 3.19. The molecule has 0 unspecified atom stereocenters. The highest BCUT2D eigenvalue weighted by atomic mass is 35.6. The van der Waals surface area contributed by atoms with Gasteiger partial charge in [-0.3, -0.25) is 15.0 Å². The fraction of sp³-hybridized carbons (Fsp3) is 0.455. The van der Waals surface area contributed by atoms with E-state index in [1.54, 1.807) is 12.1 Å². The highest BCUT2D eigenvalue weighted by Crippen LogP contribution is 2.43. The molecule has 1 aromatic rings. The number of alkyl halides is 3. The Hall–Kier alpha value is -0.630. The van der Waals surface area contributed by atoms with Gasteiger partial charge < -0.3 is 4.74 Å². The maximum atomic E-state index is 10.6. The predicted octanol–water partition coefficient (Wildman–Crippen LogP) is 3.06. The number of ether oxygens (including phenoxy) is 1. The van der Waals surface area contributed by atoms with Crippen LogP contribution in [-0.4, -0.2) is 21.9 Å². The van der Waals surface area contributed by atoms with Crippen molar-refractivity contribution < 1.29 is 14.5 Å². The number of nitrogens with one attached hydrogen (secondary N) is 1. The number of hydroxylamine groups is 1. The molecule has 0 aliphatic carbocycles. The van der Waals surface area contributed by atoms with Gasteiger partial charge >= 0.3 is 0 Å².